The van der Waals surface area contributed by atoms with Gasteiger partial charge in [-0.15, -0.1) is 0 Å². The zero-order valence-electron chi connectivity index (χ0n) is 23.3. The summed E-state index contributed by atoms with van der Waals surface area (Å²) in [7, 11) is -2.38. The molecule has 0 radical (unpaired) electrons. The predicted molar refractivity (Wildman–Crippen MR) is 160 cm³/mol. The summed E-state index contributed by atoms with van der Waals surface area (Å²) in [6, 6.07) is 21.9. The number of benzene rings is 3. The van der Waals surface area contributed by atoms with Crippen LogP contribution in [0.2, 0.25) is 5.02 Å². The number of carbonyl (C=O) groups is 1. The normalized spacial score (nSPS) is 12.9. The second-order valence-corrected chi connectivity index (χ2v) is 13.2. The van der Waals surface area contributed by atoms with Crippen molar-refractivity contribution in [1.82, 2.24) is 9.62 Å². The number of carboxylic acid groups (broad SMARTS) is 1. The molecule has 0 fully saturated rings. The van der Waals surface area contributed by atoms with Crippen LogP contribution in [0.3, 0.4) is 0 Å². The van der Waals surface area contributed by atoms with E-state index in [1.807, 2.05) is 54.6 Å². The molecule has 0 aliphatic heterocycles. The number of aliphatic carboxylic acids is 1. The first-order valence-electron chi connectivity index (χ1n) is 13.4. The number of aliphatic hydroxyl groups is 1. The average Bonchev–Trinajstić information content (AvgIpc) is 2.92. The van der Waals surface area contributed by atoms with E-state index in [9.17, 15) is 18.3 Å². The Labute approximate surface area is 242 Å². The second-order valence-electron chi connectivity index (χ2n) is 10.8. The Morgan fingerprint density at radius 3 is 2.38 bits per heavy atom. The van der Waals surface area contributed by atoms with Gasteiger partial charge in [0.2, 0.25) is 10.0 Å². The highest BCUT2D eigenvalue weighted by molar-refractivity contribution is 7.89. The number of hydrogen-bond donors (Lipinski definition) is 3. The van der Waals surface area contributed by atoms with Gasteiger partial charge in [-0.25, -0.2) is 8.42 Å². The van der Waals surface area contributed by atoms with Gasteiger partial charge in [0.05, 0.1) is 11.0 Å². The molecular weight excluding hydrogens is 548 g/mol. The first-order chi connectivity index (χ1) is 18.9. The molecule has 3 rings (SSSR count). The van der Waals surface area contributed by atoms with Crippen LogP contribution in [-0.4, -0.2) is 60.7 Å². The summed E-state index contributed by atoms with van der Waals surface area (Å²) in [5.74, 6) is -0.865. The van der Waals surface area contributed by atoms with Crippen molar-refractivity contribution in [1.29, 1.82) is 0 Å². The molecule has 0 saturated heterocycles. The topological polar surface area (TPSA) is 107 Å². The molecule has 40 heavy (non-hydrogen) atoms. The fourth-order valence-electron chi connectivity index (χ4n) is 4.54. The van der Waals surface area contributed by atoms with Gasteiger partial charge in [0, 0.05) is 37.1 Å². The van der Waals surface area contributed by atoms with Gasteiger partial charge in [-0.05, 0) is 80.0 Å². The molecule has 0 spiro atoms. The number of aliphatic hydroxyl groups excluding tert-OH is 1. The van der Waals surface area contributed by atoms with Crippen LogP contribution >= 0.6 is 11.6 Å². The maximum atomic E-state index is 13.3. The van der Waals surface area contributed by atoms with Crippen molar-refractivity contribution in [3.05, 3.63) is 88.9 Å². The molecule has 0 aromatic heterocycles. The van der Waals surface area contributed by atoms with Gasteiger partial charge in [0.1, 0.15) is 0 Å². The lowest BCUT2D eigenvalue weighted by atomic mass is 9.95. The van der Waals surface area contributed by atoms with Gasteiger partial charge < -0.3 is 15.5 Å². The SMILES string of the molecule is CN(CC(O)CNC(C)(C)CCCc1ccccc1Cl)S(=O)(=O)c1cccc(-c2cccc(CCC(=O)O)c2)c1. The third-order valence-corrected chi connectivity index (χ3v) is 9.11. The summed E-state index contributed by atoms with van der Waals surface area (Å²) in [6.07, 6.45) is 2.18. The van der Waals surface area contributed by atoms with E-state index in [0.717, 1.165) is 41.0 Å². The predicted octanol–water partition coefficient (Wildman–Crippen LogP) is 5.40. The van der Waals surface area contributed by atoms with E-state index in [0.29, 0.717) is 12.0 Å². The molecule has 1 unspecified atom stereocenters. The second kappa shape index (κ2) is 14.2. The van der Waals surface area contributed by atoms with Crippen LogP contribution in [0.15, 0.2) is 77.7 Å². The van der Waals surface area contributed by atoms with E-state index in [2.05, 4.69) is 19.2 Å². The highest BCUT2D eigenvalue weighted by Crippen LogP contribution is 2.26. The summed E-state index contributed by atoms with van der Waals surface area (Å²) < 4.78 is 27.8. The van der Waals surface area contributed by atoms with Crippen molar-refractivity contribution in [2.45, 2.75) is 62.5 Å². The van der Waals surface area contributed by atoms with Gasteiger partial charge in [-0.1, -0.05) is 66.2 Å². The number of likely N-dealkylation sites (N-methyl/N-ethyl adjacent to an activating group) is 1. The Kier molecular flexibility index (Phi) is 11.3. The van der Waals surface area contributed by atoms with Gasteiger partial charge >= 0.3 is 5.97 Å². The number of rotatable bonds is 15. The number of hydrogen-bond acceptors (Lipinski definition) is 5. The third-order valence-electron chi connectivity index (χ3n) is 6.92. The van der Waals surface area contributed by atoms with Crippen LogP contribution in [0.25, 0.3) is 11.1 Å². The fourth-order valence-corrected chi connectivity index (χ4v) is 6.02. The number of β-amino-alcohol motifs (C(OH)–C–C–N with tert-alkyl or cyclic N) is 1. The van der Waals surface area contributed by atoms with Crippen molar-refractivity contribution < 1.29 is 23.4 Å². The van der Waals surface area contributed by atoms with Crippen molar-refractivity contribution in [2.24, 2.45) is 0 Å². The van der Waals surface area contributed by atoms with E-state index in [1.54, 1.807) is 12.1 Å². The number of sulfonamides is 1. The first-order valence-corrected chi connectivity index (χ1v) is 15.2. The maximum absolute atomic E-state index is 13.3. The van der Waals surface area contributed by atoms with Crippen molar-refractivity contribution in [3.8, 4) is 11.1 Å². The molecule has 1 atom stereocenters. The number of carboxylic acids is 1. The zero-order chi connectivity index (χ0) is 29.3. The Morgan fingerprint density at radius 1 is 1.00 bits per heavy atom. The molecule has 0 aliphatic carbocycles. The highest BCUT2D eigenvalue weighted by Gasteiger charge is 2.25. The highest BCUT2D eigenvalue weighted by atomic mass is 35.5. The maximum Gasteiger partial charge on any atom is 0.303 e. The minimum atomic E-state index is -3.84. The smallest absolute Gasteiger partial charge is 0.303 e. The van der Waals surface area contributed by atoms with E-state index in [-0.39, 0.29) is 29.9 Å². The Balaban J connectivity index is 1.57. The van der Waals surface area contributed by atoms with Crippen molar-refractivity contribution in [2.75, 3.05) is 20.1 Å². The Bertz CT molecular complexity index is 1390. The minimum Gasteiger partial charge on any atom is -0.481 e. The Hall–Kier alpha value is -2.75. The van der Waals surface area contributed by atoms with Crippen LogP contribution < -0.4 is 5.32 Å². The Morgan fingerprint density at radius 2 is 1.68 bits per heavy atom. The van der Waals surface area contributed by atoms with E-state index in [1.165, 1.54) is 17.4 Å². The molecule has 3 aromatic carbocycles. The molecule has 3 aromatic rings. The van der Waals surface area contributed by atoms with E-state index < -0.39 is 22.1 Å². The summed E-state index contributed by atoms with van der Waals surface area (Å²) in [5, 5.41) is 23.8. The van der Waals surface area contributed by atoms with Crippen molar-refractivity contribution in [3.63, 3.8) is 0 Å². The minimum absolute atomic E-state index is 0.0274. The van der Waals surface area contributed by atoms with Gasteiger partial charge in [0.25, 0.3) is 0 Å². The van der Waals surface area contributed by atoms with Crippen LogP contribution in [-0.2, 0) is 27.7 Å². The number of halogens is 1. The molecule has 0 amide bonds. The van der Waals surface area contributed by atoms with Gasteiger partial charge in [-0.2, -0.15) is 4.31 Å². The van der Waals surface area contributed by atoms with Gasteiger partial charge in [0.15, 0.2) is 0 Å². The first kappa shape index (κ1) is 31.8. The lowest BCUT2D eigenvalue weighted by molar-refractivity contribution is -0.136. The number of nitrogens with one attached hydrogen (secondary N) is 1. The molecule has 0 heterocycles. The lowest BCUT2D eigenvalue weighted by Gasteiger charge is -2.29. The van der Waals surface area contributed by atoms with Crippen LogP contribution in [0.4, 0.5) is 0 Å². The molecule has 9 heteroatoms. The molecule has 0 bridgehead atoms. The van der Waals surface area contributed by atoms with E-state index >= 15 is 0 Å². The van der Waals surface area contributed by atoms with Crippen molar-refractivity contribution >= 4 is 27.6 Å². The molecule has 216 valence electrons. The summed E-state index contributed by atoms with van der Waals surface area (Å²) in [5.41, 5.74) is 3.26. The van der Waals surface area contributed by atoms with Gasteiger partial charge in [-0.3, -0.25) is 4.79 Å². The van der Waals surface area contributed by atoms with E-state index in [4.69, 9.17) is 16.7 Å². The van der Waals surface area contributed by atoms with Crippen LogP contribution in [0, 0.1) is 0 Å². The summed E-state index contributed by atoms with van der Waals surface area (Å²) in [6.45, 7) is 4.33. The standard InChI is InChI=1S/C31H39ClN2O5S/c1-31(2,18-8-13-24-10-4-5-15-29(24)32)33-21-27(35)22-34(3)40(38,39)28-14-7-12-26(20-28)25-11-6-9-23(19-25)16-17-30(36)37/h4-7,9-12,14-15,19-20,27,33,35H,8,13,16-18,21-22H2,1-3H3,(H,36,37). The average molecular weight is 587 g/mol. The molecular formula is C31H39ClN2O5S. The monoisotopic (exact) mass is 586 g/mol. The largest absolute Gasteiger partial charge is 0.481 e. The molecule has 3 N–H and O–H groups in total. The summed E-state index contributed by atoms with van der Waals surface area (Å²) in [4.78, 5) is 11.0. The lowest BCUT2D eigenvalue weighted by Crippen LogP contribution is -2.46. The van der Waals surface area contributed by atoms with Crippen LogP contribution in [0.5, 0.6) is 0 Å². The van der Waals surface area contributed by atoms with Crippen LogP contribution in [0.1, 0.15) is 44.2 Å². The number of aryl methyl sites for hydroxylation is 2. The third kappa shape index (κ3) is 9.42. The summed E-state index contributed by atoms with van der Waals surface area (Å²) >= 11 is 6.25. The number of nitrogens with zero attached hydrogens (tertiary/aromatic N) is 1. The fraction of sp³-hybridized carbons (Fsp3) is 0.387. The molecule has 0 aliphatic rings. The molecule has 7 nitrogen and oxygen atoms in total. The quantitative estimate of drug-likeness (QED) is 0.220. The zero-order valence-corrected chi connectivity index (χ0v) is 24.9. The molecule has 0 saturated carbocycles.